The second kappa shape index (κ2) is 38.8. The van der Waals surface area contributed by atoms with Gasteiger partial charge in [-0.25, -0.2) is 39.9 Å². The Balaban J connectivity index is 0.000000110. The predicted molar refractivity (Wildman–Crippen MR) is 543 cm³/mol. The molecule has 2 atom stereocenters. The summed E-state index contributed by atoms with van der Waals surface area (Å²) in [4.78, 5) is 108. The normalized spacial score (nSPS) is 21.5. The Labute approximate surface area is 803 Å². The third-order valence-corrected chi connectivity index (χ3v) is 30.4. The van der Waals surface area contributed by atoms with Gasteiger partial charge in [0.1, 0.15) is 52.5 Å². The zero-order valence-electron chi connectivity index (χ0n) is 80.8. The summed E-state index contributed by atoms with van der Waals surface area (Å²) in [6.07, 6.45) is 32.7. The summed E-state index contributed by atoms with van der Waals surface area (Å²) in [6.45, 7) is 26.0. The van der Waals surface area contributed by atoms with Crippen molar-refractivity contribution in [1.29, 1.82) is 0 Å². The van der Waals surface area contributed by atoms with Gasteiger partial charge in [0.2, 0.25) is 41.5 Å². The topological polar surface area (TPSA) is 341 Å². The van der Waals surface area contributed by atoms with Gasteiger partial charge in [-0.15, -0.1) is 0 Å². The van der Waals surface area contributed by atoms with Crippen LogP contribution in [0.1, 0.15) is 251 Å². The molecular weight excluding hydrogens is 1730 g/mol. The van der Waals surface area contributed by atoms with Crippen molar-refractivity contribution in [2.45, 2.75) is 247 Å². The fraction of sp³-hybridized carbons (Fsp3) is 0.435. The molecule has 30 heteroatoms. The Bertz CT molecular complexity index is 7090. The molecule has 16 aromatic rings. The molecule has 30 nitrogen and oxygen atoms in total. The largest absolute Gasteiger partial charge is 0.387 e. The maximum atomic E-state index is 11.9. The fourth-order valence-corrected chi connectivity index (χ4v) is 22.7. The molecule has 4 saturated carbocycles. The molecule has 0 saturated heterocycles. The van der Waals surface area contributed by atoms with E-state index in [0.29, 0.717) is 99.5 Å². The van der Waals surface area contributed by atoms with Gasteiger partial charge in [-0.1, -0.05) is 102 Å². The van der Waals surface area contributed by atoms with E-state index in [1.807, 2.05) is 91.2 Å². The summed E-state index contributed by atoms with van der Waals surface area (Å²) in [5, 5.41) is 35.0. The summed E-state index contributed by atoms with van der Waals surface area (Å²) in [5.41, 5.74) is 19.3. The van der Waals surface area contributed by atoms with Crippen molar-refractivity contribution in [2.75, 3.05) is 54.1 Å². The van der Waals surface area contributed by atoms with Crippen LogP contribution in [0.15, 0.2) is 146 Å². The number of rotatable bonds is 13. The minimum Gasteiger partial charge on any atom is -0.387 e. The van der Waals surface area contributed by atoms with Crippen LogP contribution in [0.5, 0.6) is 0 Å². The van der Waals surface area contributed by atoms with Crippen molar-refractivity contribution in [3.63, 3.8) is 0 Å². The summed E-state index contributed by atoms with van der Waals surface area (Å²) in [6, 6.07) is 39.3. The highest BCUT2D eigenvalue weighted by Crippen LogP contribution is 2.46. The summed E-state index contributed by atoms with van der Waals surface area (Å²) in [5.74, 6) is 8.68. The number of pyridine rings is 6. The van der Waals surface area contributed by atoms with Crippen LogP contribution in [-0.4, -0.2) is 158 Å². The quantitative estimate of drug-likeness (QED) is 0.0624. The molecule has 14 aromatic heterocycles. The van der Waals surface area contributed by atoms with E-state index in [4.69, 9.17) is 45.0 Å². The molecule has 0 spiro atoms. The number of amides is 3. The highest BCUT2D eigenvalue weighted by Gasteiger charge is 2.34. The second-order valence-corrected chi connectivity index (χ2v) is 40.4. The minimum absolute atomic E-state index is 0.106. The van der Waals surface area contributed by atoms with Gasteiger partial charge in [0, 0.05) is 206 Å². The average Bonchev–Trinajstić information content (AvgIpc) is 1.61. The van der Waals surface area contributed by atoms with Gasteiger partial charge >= 0.3 is 0 Å². The lowest BCUT2D eigenvalue weighted by atomic mass is 9.87. The zero-order chi connectivity index (χ0) is 94.7. The number of benzene rings is 2. The van der Waals surface area contributed by atoms with E-state index in [2.05, 4.69) is 195 Å². The monoisotopic (exact) mass is 1850 g/mol. The van der Waals surface area contributed by atoms with Crippen molar-refractivity contribution in [2.24, 2.45) is 23.7 Å². The molecule has 0 radical (unpaired) electrons. The van der Waals surface area contributed by atoms with E-state index >= 15 is 0 Å². The van der Waals surface area contributed by atoms with E-state index in [-0.39, 0.29) is 29.6 Å². The van der Waals surface area contributed by atoms with E-state index in [1.165, 1.54) is 123 Å². The van der Waals surface area contributed by atoms with Gasteiger partial charge in [0.15, 0.2) is 0 Å². The van der Waals surface area contributed by atoms with Crippen molar-refractivity contribution in [3.05, 3.63) is 203 Å². The van der Waals surface area contributed by atoms with E-state index in [1.54, 1.807) is 18.7 Å². The van der Waals surface area contributed by atoms with Crippen LogP contribution in [-0.2, 0) is 53.4 Å². The molecular formula is C108H124N26O4. The molecule has 138 heavy (non-hydrogen) atoms. The lowest BCUT2D eigenvalue weighted by Gasteiger charge is -2.31. The Morgan fingerprint density at radius 2 is 0.703 bits per heavy atom. The maximum absolute atomic E-state index is 11.9. The molecule has 4 aliphatic heterocycles. The van der Waals surface area contributed by atoms with Gasteiger partial charge in [0.25, 0.3) is 0 Å². The number of para-hydroxylation sites is 2. The number of carbonyl (C=O) groups is 3. The number of fused-ring (bicyclic) bond motifs is 16. The number of carbonyl (C=O) groups excluding carboxylic acids is 3. The number of nitrogens with zero attached hydrogens (tertiary/aromatic N) is 21. The van der Waals surface area contributed by atoms with Gasteiger partial charge in [-0.05, 0) is 211 Å². The first-order valence-electron chi connectivity index (χ1n) is 50.0. The minimum atomic E-state index is -0.464. The van der Waals surface area contributed by atoms with Crippen LogP contribution in [0, 0.1) is 37.5 Å². The van der Waals surface area contributed by atoms with Crippen molar-refractivity contribution in [1.82, 2.24) is 108 Å². The average molecular weight is 1850 g/mol. The van der Waals surface area contributed by atoms with Crippen LogP contribution < -0.4 is 26.6 Å². The van der Waals surface area contributed by atoms with E-state index < -0.39 is 6.61 Å². The Morgan fingerprint density at radius 3 is 1.09 bits per heavy atom. The predicted octanol–water partition coefficient (Wildman–Crippen LogP) is 20.8. The van der Waals surface area contributed by atoms with Crippen molar-refractivity contribution < 1.29 is 19.5 Å². The smallest absolute Gasteiger partial charge is 0.248 e. The molecule has 4 fully saturated rings. The molecule has 2 aromatic carbocycles. The van der Waals surface area contributed by atoms with E-state index in [9.17, 15) is 14.4 Å². The van der Waals surface area contributed by atoms with Gasteiger partial charge in [-0.2, -0.15) is 19.9 Å². The summed E-state index contributed by atoms with van der Waals surface area (Å²) < 4.78 is 9.69. The first-order valence-corrected chi connectivity index (χ1v) is 50.0. The van der Waals surface area contributed by atoms with E-state index in [0.717, 1.165) is 185 Å². The van der Waals surface area contributed by atoms with Crippen molar-refractivity contribution in [3.8, 4) is 0 Å². The second-order valence-electron chi connectivity index (χ2n) is 40.4. The fourth-order valence-electron chi connectivity index (χ4n) is 22.7. The number of nitrogens with one attached hydrogen (secondary N) is 5. The van der Waals surface area contributed by atoms with Crippen LogP contribution in [0.2, 0.25) is 0 Å². The number of aliphatic hydroxyl groups is 1. The molecule has 710 valence electrons. The number of hydrogen-bond acceptors (Lipinski definition) is 23. The number of aromatic nitrogens is 18. The van der Waals surface area contributed by atoms with Gasteiger partial charge in [-0.3, -0.25) is 24.4 Å². The van der Waals surface area contributed by atoms with Crippen LogP contribution >= 0.6 is 0 Å². The summed E-state index contributed by atoms with van der Waals surface area (Å²) in [7, 11) is 0. The molecule has 6 N–H and O–H groups in total. The number of aryl methyl sites for hydroxylation is 2. The highest BCUT2D eigenvalue weighted by atomic mass is 16.3. The lowest BCUT2D eigenvalue weighted by Crippen LogP contribution is -2.37. The molecule has 18 heterocycles. The summed E-state index contributed by atoms with van der Waals surface area (Å²) >= 11 is 0. The molecule has 0 bridgehead atoms. The molecule has 0 unspecified atom stereocenters. The Kier molecular flexibility index (Phi) is 25.5. The zero-order valence-corrected chi connectivity index (χ0v) is 80.8. The standard InChI is InChI=1S/2C28H32N6O.C27H31N7O2.C25H29N7/c2*1-17-8-11-21(12-9-17)34-24-7-5-4-6-22(24)23-14-29-28(32-27(23)34)31-25-13-10-20-16-33(19(3)35)15-18(2)26(20)30-25;1-16-3-6-19(7-4-16)34-23-13-28-17(2)11-20(23)21-12-29-27(32-26(21)34)31-24-8-5-18-14-33(25(36)15-35)10-9-22(18)30-24;1-15-3-6-18(7-4-15)32-22-14-27-16(2)11-19(22)20-13-28-25(31-24(20)32)30-23-8-5-17-12-26-10-9-21(17)29-23/h2*4-7,10,13-14,17-18,21H,8-9,11-12,15-16H2,1-3H3,(H,29,30,31,32);5,8,11-13,16,19,35H,3-4,6-7,9-10,14-15H2,1-2H3,(H,29,30,31,32);5,8,11,13-15,18,26H,3-4,6-7,9-10,12H2,1-2H3,(H,28,29,30,31)/t2*17?,18-,21?;;/m10../s1. The lowest BCUT2D eigenvalue weighted by molar-refractivity contribution is -0.135. The Morgan fingerprint density at radius 1 is 0.362 bits per heavy atom. The third-order valence-electron chi connectivity index (χ3n) is 30.4. The Hall–Kier alpha value is -13.6. The van der Waals surface area contributed by atoms with Gasteiger partial charge < -0.3 is 64.7 Å². The number of hydrogen-bond donors (Lipinski definition) is 6. The first-order chi connectivity index (χ1) is 67.1. The maximum Gasteiger partial charge on any atom is 0.248 e. The van der Waals surface area contributed by atoms with Crippen LogP contribution in [0.4, 0.5) is 47.1 Å². The highest BCUT2D eigenvalue weighted by molar-refractivity contribution is 6.10. The van der Waals surface area contributed by atoms with Crippen LogP contribution in [0.25, 0.3) is 87.7 Å². The number of aliphatic hydroxyl groups excluding tert-OH is 1. The molecule has 24 rings (SSSR count). The number of anilines is 8. The van der Waals surface area contributed by atoms with Crippen molar-refractivity contribution >= 4 is 153 Å². The molecule has 4 aliphatic carbocycles. The molecule has 8 aliphatic rings. The SMILES string of the molecule is CC(=O)N1Cc2ccc(Nc3ncc4c5ccccc5n(C5CCC(C)CC5)c4n3)nc2[C@@H](C)C1.CC(=O)N1Cc2ccc(Nc3ncc4c5ccccc5n(C5CCC(C)CC5)c4n3)nc2[C@H](C)C1.Cc1cc2c3cnc(Nc4ccc5c(n4)CCN(C(=O)CO)C5)nc3n(C3CCC(C)CC3)c2cn1.Cc1cc2c3cnc(Nc4ccc5c(n4)CCNC5)nc3n(C3CCC(C)CC3)c2cn1. The van der Waals surface area contributed by atoms with Gasteiger partial charge in [0.05, 0.1) is 45.8 Å². The van der Waals surface area contributed by atoms with Crippen LogP contribution in [0.3, 0.4) is 0 Å². The molecule has 3 amide bonds. The first kappa shape index (κ1) is 90.8. The third kappa shape index (κ3) is 18.5.